The van der Waals surface area contributed by atoms with Crippen molar-refractivity contribution in [3.8, 4) is 0 Å². The van der Waals surface area contributed by atoms with Crippen LogP contribution in [0.15, 0.2) is 24.3 Å². The Morgan fingerprint density at radius 2 is 1.95 bits per heavy atom. The molecule has 0 aromatic heterocycles. The highest BCUT2D eigenvalue weighted by molar-refractivity contribution is 6.30. The molecule has 19 heavy (non-hydrogen) atoms. The first-order valence-electron chi connectivity index (χ1n) is 7.05. The van der Waals surface area contributed by atoms with Crippen LogP contribution in [0.3, 0.4) is 0 Å². The average Bonchev–Trinajstić information content (AvgIpc) is 2.88. The van der Waals surface area contributed by atoms with Gasteiger partial charge < -0.3 is 4.74 Å². The molecule has 0 amide bonds. The summed E-state index contributed by atoms with van der Waals surface area (Å²) in [7, 11) is 0. The summed E-state index contributed by atoms with van der Waals surface area (Å²) in [4.78, 5) is 0. The molecule has 1 aromatic rings. The Morgan fingerprint density at radius 3 is 2.47 bits per heavy atom. The fourth-order valence-corrected chi connectivity index (χ4v) is 3.23. The smallest absolute Gasteiger partial charge is 0.0851 e. The Balaban J connectivity index is 2.11. The highest BCUT2D eigenvalue weighted by Gasteiger charge is 2.41. The largest absolute Gasteiger partial charge is 0.374 e. The zero-order chi connectivity index (χ0) is 13.7. The van der Waals surface area contributed by atoms with Crippen molar-refractivity contribution in [2.75, 3.05) is 6.61 Å². The molecule has 1 fully saturated rings. The van der Waals surface area contributed by atoms with Crippen molar-refractivity contribution in [3.63, 3.8) is 0 Å². The molecule has 0 radical (unpaired) electrons. The van der Waals surface area contributed by atoms with Gasteiger partial charge in [-0.25, -0.2) is 0 Å². The lowest BCUT2D eigenvalue weighted by atomic mass is 9.87. The molecule has 0 spiro atoms. The Hall–Kier alpha value is -0.610. The number of rotatable bonds is 6. The van der Waals surface area contributed by atoms with Gasteiger partial charge in [0.25, 0.3) is 0 Å². The van der Waals surface area contributed by atoms with Gasteiger partial charge >= 0.3 is 0 Å². The molecule has 3 nitrogen and oxygen atoms in total. The van der Waals surface area contributed by atoms with Gasteiger partial charge in [-0.3, -0.25) is 11.3 Å². The molecule has 1 aliphatic rings. The summed E-state index contributed by atoms with van der Waals surface area (Å²) in [6, 6.07) is 8.11. The SMILES string of the molecule is CCOC1(C(Cc2ccc(Cl)cc2)NN)CCCC1. The zero-order valence-electron chi connectivity index (χ0n) is 11.5. The summed E-state index contributed by atoms with van der Waals surface area (Å²) in [6.45, 7) is 2.79. The summed E-state index contributed by atoms with van der Waals surface area (Å²) in [6.07, 6.45) is 5.48. The number of nitrogens with one attached hydrogen (secondary N) is 1. The molecule has 0 aliphatic heterocycles. The van der Waals surface area contributed by atoms with E-state index in [1.807, 2.05) is 12.1 Å². The molecule has 1 atom stereocenters. The first kappa shape index (κ1) is 14.8. The molecular weight excluding hydrogens is 260 g/mol. The first-order chi connectivity index (χ1) is 9.20. The maximum atomic E-state index is 6.07. The fourth-order valence-electron chi connectivity index (χ4n) is 3.11. The van der Waals surface area contributed by atoms with Crippen LogP contribution in [0, 0.1) is 0 Å². The van der Waals surface area contributed by atoms with E-state index < -0.39 is 0 Å². The van der Waals surface area contributed by atoms with Gasteiger partial charge in [0.2, 0.25) is 0 Å². The minimum Gasteiger partial charge on any atom is -0.374 e. The van der Waals surface area contributed by atoms with E-state index >= 15 is 0 Å². The van der Waals surface area contributed by atoms with Crippen molar-refractivity contribution in [1.82, 2.24) is 5.43 Å². The number of halogens is 1. The third-order valence-corrected chi connectivity index (χ3v) is 4.32. The van der Waals surface area contributed by atoms with Crippen LogP contribution in [0.1, 0.15) is 38.2 Å². The molecule has 106 valence electrons. The predicted octanol–water partition coefficient (Wildman–Crippen LogP) is 3.06. The molecule has 2 rings (SSSR count). The molecule has 4 heteroatoms. The van der Waals surface area contributed by atoms with Crippen molar-refractivity contribution in [3.05, 3.63) is 34.9 Å². The van der Waals surface area contributed by atoms with Crippen molar-refractivity contribution < 1.29 is 4.74 Å². The zero-order valence-corrected chi connectivity index (χ0v) is 12.2. The minimum absolute atomic E-state index is 0.108. The van der Waals surface area contributed by atoms with Crippen LogP contribution in [0.4, 0.5) is 0 Å². The lowest BCUT2D eigenvalue weighted by Crippen LogP contribution is -2.54. The van der Waals surface area contributed by atoms with Crippen molar-refractivity contribution in [2.45, 2.75) is 50.7 Å². The molecule has 0 bridgehead atoms. The third kappa shape index (κ3) is 3.48. The number of hydrazine groups is 1. The Kier molecular flexibility index (Phi) is 5.22. The van der Waals surface area contributed by atoms with Crippen molar-refractivity contribution >= 4 is 11.6 Å². The summed E-state index contributed by atoms with van der Waals surface area (Å²) in [5.41, 5.74) is 4.10. The van der Waals surface area contributed by atoms with Gasteiger partial charge in [-0.2, -0.15) is 0 Å². The molecule has 0 saturated heterocycles. The molecule has 3 N–H and O–H groups in total. The molecule has 0 heterocycles. The molecule has 1 saturated carbocycles. The first-order valence-corrected chi connectivity index (χ1v) is 7.42. The van der Waals surface area contributed by atoms with E-state index in [9.17, 15) is 0 Å². The molecular formula is C15H23ClN2O. The monoisotopic (exact) mass is 282 g/mol. The van der Waals surface area contributed by atoms with E-state index in [4.69, 9.17) is 22.2 Å². The van der Waals surface area contributed by atoms with E-state index in [1.54, 1.807) is 0 Å². The summed E-state index contributed by atoms with van der Waals surface area (Å²) >= 11 is 5.92. The summed E-state index contributed by atoms with van der Waals surface area (Å²) in [5, 5.41) is 0.765. The van der Waals surface area contributed by atoms with Crippen LogP contribution < -0.4 is 11.3 Å². The van der Waals surface area contributed by atoms with E-state index in [-0.39, 0.29) is 11.6 Å². The van der Waals surface area contributed by atoms with Gasteiger partial charge in [-0.15, -0.1) is 0 Å². The van der Waals surface area contributed by atoms with E-state index in [2.05, 4.69) is 24.5 Å². The Labute approximate surface area is 120 Å². The predicted molar refractivity (Wildman–Crippen MR) is 79.1 cm³/mol. The van der Waals surface area contributed by atoms with Crippen LogP contribution in [-0.4, -0.2) is 18.2 Å². The third-order valence-electron chi connectivity index (χ3n) is 4.07. The average molecular weight is 283 g/mol. The normalized spacial score (nSPS) is 19.5. The van der Waals surface area contributed by atoms with E-state index in [0.29, 0.717) is 0 Å². The second kappa shape index (κ2) is 6.71. The highest BCUT2D eigenvalue weighted by Crippen LogP contribution is 2.37. The van der Waals surface area contributed by atoms with Crippen LogP contribution in [0.25, 0.3) is 0 Å². The van der Waals surface area contributed by atoms with Gasteiger partial charge in [-0.05, 0) is 43.9 Å². The van der Waals surface area contributed by atoms with Gasteiger partial charge in [0.05, 0.1) is 11.6 Å². The van der Waals surface area contributed by atoms with Gasteiger partial charge in [0, 0.05) is 11.6 Å². The summed E-state index contributed by atoms with van der Waals surface area (Å²) < 4.78 is 6.07. The lowest BCUT2D eigenvalue weighted by Gasteiger charge is -2.37. The van der Waals surface area contributed by atoms with E-state index in [0.717, 1.165) is 30.9 Å². The van der Waals surface area contributed by atoms with Gasteiger partial charge in [0.15, 0.2) is 0 Å². The summed E-state index contributed by atoms with van der Waals surface area (Å²) in [5.74, 6) is 5.79. The molecule has 1 aliphatic carbocycles. The molecule has 1 aromatic carbocycles. The van der Waals surface area contributed by atoms with Gasteiger partial charge in [0.1, 0.15) is 0 Å². The topological polar surface area (TPSA) is 47.3 Å². The van der Waals surface area contributed by atoms with Crippen molar-refractivity contribution in [2.24, 2.45) is 5.84 Å². The quantitative estimate of drug-likeness (QED) is 0.623. The number of ether oxygens (including phenoxy) is 1. The minimum atomic E-state index is -0.108. The Bertz CT molecular complexity index is 388. The number of hydrogen-bond acceptors (Lipinski definition) is 3. The Morgan fingerprint density at radius 1 is 1.32 bits per heavy atom. The lowest BCUT2D eigenvalue weighted by molar-refractivity contribution is -0.0613. The maximum Gasteiger partial charge on any atom is 0.0851 e. The number of nitrogens with two attached hydrogens (primary N) is 1. The van der Waals surface area contributed by atoms with Crippen LogP contribution in [0.2, 0.25) is 5.02 Å². The maximum absolute atomic E-state index is 6.07. The van der Waals surface area contributed by atoms with E-state index in [1.165, 1.54) is 18.4 Å². The molecule has 1 unspecified atom stereocenters. The standard InChI is InChI=1S/C15H23ClN2O/c1-2-19-15(9-3-4-10-15)14(18-17)11-12-5-7-13(16)8-6-12/h5-8,14,18H,2-4,9-11,17H2,1H3. The second-order valence-corrected chi connectivity index (χ2v) is 5.69. The van der Waals surface area contributed by atoms with Crippen LogP contribution in [0.5, 0.6) is 0 Å². The van der Waals surface area contributed by atoms with Crippen LogP contribution >= 0.6 is 11.6 Å². The second-order valence-electron chi connectivity index (χ2n) is 5.25. The number of hydrogen-bond donors (Lipinski definition) is 2. The van der Waals surface area contributed by atoms with Crippen molar-refractivity contribution in [1.29, 1.82) is 0 Å². The fraction of sp³-hybridized carbons (Fsp3) is 0.600. The highest BCUT2D eigenvalue weighted by atomic mass is 35.5. The number of benzene rings is 1. The van der Waals surface area contributed by atoms with Gasteiger partial charge in [-0.1, -0.05) is 36.6 Å². The van der Waals surface area contributed by atoms with Crippen LogP contribution in [-0.2, 0) is 11.2 Å².